The predicted octanol–water partition coefficient (Wildman–Crippen LogP) is 2.60. The fourth-order valence-corrected chi connectivity index (χ4v) is 2.44. The number of hydrogen-bond donors (Lipinski definition) is 0. The van der Waals surface area contributed by atoms with Crippen molar-refractivity contribution in [3.05, 3.63) is 28.8 Å². The van der Waals surface area contributed by atoms with E-state index in [-0.39, 0.29) is 15.5 Å². The molecule has 0 bridgehead atoms. The monoisotopic (exact) mass is 331 g/mol. The van der Waals surface area contributed by atoms with E-state index in [9.17, 15) is 22.0 Å². The Morgan fingerprint density at radius 2 is 1.95 bits per heavy atom. The lowest BCUT2D eigenvalue weighted by Gasteiger charge is -2.16. The van der Waals surface area contributed by atoms with Crippen LogP contribution in [0, 0.1) is 0 Å². The maximum absolute atomic E-state index is 12.2. The Hall–Kier alpha value is -0.920. The number of rotatable bonds is 4. The Balaban J connectivity index is 3.14. The van der Waals surface area contributed by atoms with Crippen molar-refractivity contribution < 1.29 is 22.0 Å². The van der Waals surface area contributed by atoms with Crippen LogP contribution in [0.25, 0.3) is 0 Å². The van der Waals surface area contributed by atoms with Gasteiger partial charge in [-0.1, -0.05) is 11.6 Å². The Bertz CT molecular complexity index is 592. The second-order valence-electron chi connectivity index (χ2n) is 3.69. The number of alkyl halides is 2. The van der Waals surface area contributed by atoms with Gasteiger partial charge in [0, 0.05) is 28.3 Å². The lowest BCUT2D eigenvalue weighted by molar-refractivity contribution is 0.0620. The second kappa shape index (κ2) is 6.02. The molecule has 0 spiro atoms. The minimum atomic E-state index is -4.06. The van der Waals surface area contributed by atoms with Crippen molar-refractivity contribution in [2.45, 2.75) is 11.3 Å². The first-order valence-electron chi connectivity index (χ1n) is 4.90. The van der Waals surface area contributed by atoms with Gasteiger partial charge >= 0.3 is 0 Å². The molecular formula is C10H9Cl2F2NO3S. The summed E-state index contributed by atoms with van der Waals surface area (Å²) < 4.78 is 46.7. The van der Waals surface area contributed by atoms with Crippen LogP contribution in [-0.4, -0.2) is 39.2 Å². The molecule has 9 heteroatoms. The van der Waals surface area contributed by atoms with E-state index >= 15 is 0 Å². The van der Waals surface area contributed by atoms with E-state index in [1.807, 2.05) is 0 Å². The fraction of sp³-hybridized carbons (Fsp3) is 0.300. The molecule has 0 unspecified atom stereocenters. The van der Waals surface area contributed by atoms with E-state index in [1.165, 1.54) is 13.1 Å². The van der Waals surface area contributed by atoms with Gasteiger partial charge < -0.3 is 4.90 Å². The van der Waals surface area contributed by atoms with Crippen LogP contribution in [0.15, 0.2) is 23.1 Å². The second-order valence-corrected chi connectivity index (χ2v) is 6.69. The van der Waals surface area contributed by atoms with Crippen molar-refractivity contribution in [1.82, 2.24) is 4.90 Å². The van der Waals surface area contributed by atoms with E-state index < -0.39 is 27.9 Å². The first kappa shape index (κ1) is 16.1. The third kappa shape index (κ3) is 4.59. The van der Waals surface area contributed by atoms with Crippen molar-refractivity contribution in [3.63, 3.8) is 0 Å². The molecule has 0 aliphatic heterocycles. The van der Waals surface area contributed by atoms with Crippen LogP contribution in [0.1, 0.15) is 10.4 Å². The van der Waals surface area contributed by atoms with Crippen molar-refractivity contribution >= 4 is 37.2 Å². The van der Waals surface area contributed by atoms with Gasteiger partial charge in [-0.25, -0.2) is 17.2 Å². The minimum absolute atomic E-state index is 0.0319. The van der Waals surface area contributed by atoms with Crippen LogP contribution in [-0.2, 0) is 9.05 Å². The normalized spacial score (nSPS) is 11.7. The molecule has 1 rings (SSSR count). The van der Waals surface area contributed by atoms with E-state index in [0.717, 1.165) is 17.0 Å². The van der Waals surface area contributed by atoms with Crippen molar-refractivity contribution in [3.8, 4) is 0 Å². The highest BCUT2D eigenvalue weighted by atomic mass is 35.7. The molecule has 4 nitrogen and oxygen atoms in total. The summed E-state index contributed by atoms with van der Waals surface area (Å²) in [4.78, 5) is 12.2. The van der Waals surface area contributed by atoms with E-state index in [0.29, 0.717) is 0 Å². The topological polar surface area (TPSA) is 54.5 Å². The molecule has 1 aromatic rings. The molecule has 0 fully saturated rings. The largest absolute Gasteiger partial charge is 0.336 e. The predicted molar refractivity (Wildman–Crippen MR) is 67.5 cm³/mol. The van der Waals surface area contributed by atoms with E-state index in [1.54, 1.807) is 0 Å². The summed E-state index contributed by atoms with van der Waals surface area (Å²) in [5.74, 6) is -0.774. The van der Waals surface area contributed by atoms with Crippen LogP contribution < -0.4 is 0 Å². The summed E-state index contributed by atoms with van der Waals surface area (Å²) in [6.45, 7) is -0.770. The maximum atomic E-state index is 12.2. The number of carbonyl (C=O) groups excluding carboxylic acids is 1. The van der Waals surface area contributed by atoms with Gasteiger partial charge in [0.25, 0.3) is 21.4 Å². The van der Waals surface area contributed by atoms with Crippen LogP contribution in [0.4, 0.5) is 8.78 Å². The molecule has 1 amide bonds. The van der Waals surface area contributed by atoms with Gasteiger partial charge in [-0.3, -0.25) is 4.79 Å². The van der Waals surface area contributed by atoms with Gasteiger partial charge in [0.05, 0.1) is 11.4 Å². The number of hydrogen-bond acceptors (Lipinski definition) is 3. The Kier molecular flexibility index (Phi) is 5.11. The first-order valence-corrected chi connectivity index (χ1v) is 7.59. The van der Waals surface area contributed by atoms with Crippen molar-refractivity contribution in [1.29, 1.82) is 0 Å². The van der Waals surface area contributed by atoms with Gasteiger partial charge in [-0.05, 0) is 18.2 Å². The highest BCUT2D eigenvalue weighted by Crippen LogP contribution is 2.22. The van der Waals surface area contributed by atoms with Gasteiger partial charge in [0.2, 0.25) is 0 Å². The zero-order valence-electron chi connectivity index (χ0n) is 9.61. The Labute approximate surface area is 118 Å². The third-order valence-corrected chi connectivity index (χ3v) is 3.71. The first-order chi connectivity index (χ1) is 8.61. The van der Waals surface area contributed by atoms with Crippen molar-refractivity contribution in [2.75, 3.05) is 13.6 Å². The van der Waals surface area contributed by atoms with Crippen LogP contribution >= 0.6 is 22.3 Å². The highest BCUT2D eigenvalue weighted by Gasteiger charge is 2.19. The average molecular weight is 332 g/mol. The molecule has 0 heterocycles. The molecular weight excluding hydrogens is 323 g/mol. The Morgan fingerprint density at radius 3 is 2.42 bits per heavy atom. The number of nitrogens with zero attached hydrogens (tertiary/aromatic N) is 1. The molecule has 0 atom stereocenters. The third-order valence-electron chi connectivity index (χ3n) is 2.16. The average Bonchev–Trinajstić information content (AvgIpc) is 2.25. The fourth-order valence-electron chi connectivity index (χ4n) is 1.34. The quantitative estimate of drug-likeness (QED) is 0.797. The SMILES string of the molecule is CN(CC(F)F)C(=O)c1cc(Cl)cc(S(=O)(=O)Cl)c1. The van der Waals surface area contributed by atoms with Crippen LogP contribution in [0.2, 0.25) is 5.02 Å². The van der Waals surface area contributed by atoms with Crippen LogP contribution in [0.5, 0.6) is 0 Å². The number of carbonyl (C=O) groups is 1. The lowest BCUT2D eigenvalue weighted by Crippen LogP contribution is -2.31. The molecule has 0 radical (unpaired) electrons. The molecule has 0 N–H and O–H groups in total. The standard InChI is InChI=1S/C10H9Cl2F2NO3S/c1-15(5-9(13)14)10(16)6-2-7(11)4-8(3-6)19(12,17)18/h2-4,9H,5H2,1H3. The van der Waals surface area contributed by atoms with E-state index in [2.05, 4.69) is 0 Å². The van der Waals surface area contributed by atoms with Crippen LogP contribution in [0.3, 0.4) is 0 Å². The summed E-state index contributed by atoms with van der Waals surface area (Å²) in [5, 5.41) is -0.0319. The molecule has 0 saturated heterocycles. The lowest BCUT2D eigenvalue weighted by atomic mass is 10.2. The zero-order chi connectivity index (χ0) is 14.8. The Morgan fingerprint density at radius 1 is 1.37 bits per heavy atom. The van der Waals surface area contributed by atoms with Gasteiger partial charge in [-0.15, -0.1) is 0 Å². The molecule has 0 aromatic heterocycles. The minimum Gasteiger partial charge on any atom is -0.336 e. The summed E-state index contributed by atoms with van der Waals surface area (Å²) >= 11 is 5.67. The summed E-state index contributed by atoms with van der Waals surface area (Å²) in [5.41, 5.74) is -0.130. The number of halogens is 4. The molecule has 106 valence electrons. The summed E-state index contributed by atoms with van der Waals surface area (Å²) in [7, 11) is 2.25. The molecule has 0 saturated carbocycles. The van der Waals surface area contributed by atoms with E-state index in [4.69, 9.17) is 22.3 Å². The van der Waals surface area contributed by atoms with Gasteiger partial charge in [0.1, 0.15) is 0 Å². The number of amides is 1. The number of benzene rings is 1. The summed E-state index contributed by atoms with van der Waals surface area (Å²) in [6.07, 6.45) is -2.69. The van der Waals surface area contributed by atoms with Gasteiger partial charge in [-0.2, -0.15) is 0 Å². The summed E-state index contributed by atoms with van der Waals surface area (Å²) in [6, 6.07) is 3.23. The molecule has 0 aliphatic rings. The molecule has 1 aromatic carbocycles. The molecule has 0 aliphatic carbocycles. The smallest absolute Gasteiger partial charge is 0.261 e. The molecule has 19 heavy (non-hydrogen) atoms. The van der Waals surface area contributed by atoms with Gasteiger partial charge in [0.15, 0.2) is 0 Å². The van der Waals surface area contributed by atoms with Crippen molar-refractivity contribution in [2.24, 2.45) is 0 Å². The zero-order valence-corrected chi connectivity index (χ0v) is 11.9. The maximum Gasteiger partial charge on any atom is 0.261 e. The highest BCUT2D eigenvalue weighted by molar-refractivity contribution is 8.13.